The minimum atomic E-state index is -0.314. The van der Waals surface area contributed by atoms with Crippen molar-refractivity contribution in [2.45, 2.75) is 38.8 Å². The van der Waals surface area contributed by atoms with Gasteiger partial charge in [0.15, 0.2) is 5.65 Å². The molecule has 0 saturated heterocycles. The van der Waals surface area contributed by atoms with Crippen LogP contribution in [0.15, 0.2) is 66.9 Å². The molecular weight excluding hydrogens is 442 g/mol. The van der Waals surface area contributed by atoms with E-state index in [4.69, 9.17) is 4.74 Å². The molecule has 0 bridgehead atoms. The molecule has 0 aliphatic heterocycles. The molecule has 8 nitrogen and oxygen atoms in total. The van der Waals surface area contributed by atoms with E-state index in [2.05, 4.69) is 37.7 Å². The van der Waals surface area contributed by atoms with Crippen LogP contribution in [0.2, 0.25) is 0 Å². The van der Waals surface area contributed by atoms with E-state index in [9.17, 15) is 9.90 Å². The van der Waals surface area contributed by atoms with Crippen LogP contribution in [0.3, 0.4) is 0 Å². The Balaban J connectivity index is 1.41. The fourth-order valence-electron chi connectivity index (χ4n) is 3.95. The zero-order valence-corrected chi connectivity index (χ0v) is 19.9. The smallest absolute Gasteiger partial charge is 0.320 e. The van der Waals surface area contributed by atoms with E-state index in [1.54, 1.807) is 31.5 Å². The molecule has 4 aromatic rings. The topological polar surface area (TPSA) is 109 Å². The Kier molecular flexibility index (Phi) is 7.84. The second kappa shape index (κ2) is 11.4. The molecule has 1 atom stereocenters. The number of hydrogen-bond donors (Lipinski definition) is 3. The predicted molar refractivity (Wildman–Crippen MR) is 136 cm³/mol. The number of carbonyl (C=O) groups is 1. The molecule has 0 radical (unpaired) electrons. The van der Waals surface area contributed by atoms with E-state index in [0.717, 1.165) is 19.3 Å². The van der Waals surface area contributed by atoms with Crippen molar-refractivity contribution in [3.63, 3.8) is 0 Å². The van der Waals surface area contributed by atoms with Gasteiger partial charge in [-0.25, -0.2) is 14.8 Å². The Morgan fingerprint density at radius 3 is 2.66 bits per heavy atom. The van der Waals surface area contributed by atoms with Crippen molar-refractivity contribution in [1.82, 2.24) is 20.3 Å². The number of rotatable bonds is 9. The van der Waals surface area contributed by atoms with Gasteiger partial charge in [-0.1, -0.05) is 42.5 Å². The number of aryl methyl sites for hydroxylation is 1. The van der Waals surface area contributed by atoms with Gasteiger partial charge in [0.1, 0.15) is 17.1 Å². The maximum atomic E-state index is 12.5. The van der Waals surface area contributed by atoms with Gasteiger partial charge >= 0.3 is 6.03 Å². The van der Waals surface area contributed by atoms with Crippen LogP contribution < -0.4 is 15.4 Å². The van der Waals surface area contributed by atoms with Crippen molar-refractivity contribution in [3.8, 4) is 17.0 Å². The quantitative estimate of drug-likeness (QED) is 0.326. The van der Waals surface area contributed by atoms with Gasteiger partial charge in [-0.3, -0.25) is 10.3 Å². The molecule has 2 amide bonds. The molecule has 0 saturated carbocycles. The average Bonchev–Trinajstić information content (AvgIpc) is 2.88. The van der Waals surface area contributed by atoms with Crippen LogP contribution in [0.1, 0.15) is 30.9 Å². The molecule has 2 aromatic carbocycles. The van der Waals surface area contributed by atoms with Crippen molar-refractivity contribution in [1.29, 1.82) is 0 Å². The summed E-state index contributed by atoms with van der Waals surface area (Å²) in [4.78, 5) is 26.0. The van der Waals surface area contributed by atoms with Gasteiger partial charge in [-0.2, -0.15) is 0 Å². The summed E-state index contributed by atoms with van der Waals surface area (Å²) in [7, 11) is 1.55. The molecule has 180 valence electrons. The van der Waals surface area contributed by atoms with E-state index < -0.39 is 0 Å². The zero-order valence-electron chi connectivity index (χ0n) is 19.9. The number of urea groups is 1. The van der Waals surface area contributed by atoms with E-state index in [0.29, 0.717) is 39.6 Å². The first kappa shape index (κ1) is 24.1. The molecular formula is C27H29N5O3. The minimum Gasteiger partial charge on any atom is -0.496 e. The molecule has 2 aromatic heterocycles. The van der Waals surface area contributed by atoms with Crippen molar-refractivity contribution < 1.29 is 14.6 Å². The molecule has 3 N–H and O–H groups in total. The molecule has 0 aliphatic rings. The number of nitrogens with one attached hydrogen (secondary N) is 2. The summed E-state index contributed by atoms with van der Waals surface area (Å²) in [6, 6.07) is 19.0. The molecule has 0 fully saturated rings. The first-order valence-electron chi connectivity index (χ1n) is 11.6. The highest BCUT2D eigenvalue weighted by Crippen LogP contribution is 2.32. The van der Waals surface area contributed by atoms with Gasteiger partial charge in [-0.15, -0.1) is 0 Å². The summed E-state index contributed by atoms with van der Waals surface area (Å²) in [6.45, 7) is 1.84. The van der Waals surface area contributed by atoms with Crippen LogP contribution in [-0.4, -0.2) is 39.2 Å². The van der Waals surface area contributed by atoms with Crippen molar-refractivity contribution in [3.05, 3.63) is 78.0 Å². The molecule has 35 heavy (non-hydrogen) atoms. The highest BCUT2D eigenvalue weighted by molar-refractivity contribution is 5.89. The first-order chi connectivity index (χ1) is 17.1. The molecule has 0 spiro atoms. The third-order valence-electron chi connectivity index (χ3n) is 5.72. The number of pyridine rings is 1. The lowest BCUT2D eigenvalue weighted by Gasteiger charge is -2.14. The monoisotopic (exact) mass is 471 g/mol. The Labute approximate surface area is 204 Å². The second-order valence-electron chi connectivity index (χ2n) is 8.33. The molecule has 0 aliphatic carbocycles. The third-order valence-corrected chi connectivity index (χ3v) is 5.72. The second-order valence-corrected chi connectivity index (χ2v) is 8.33. The number of aromatic nitrogens is 3. The van der Waals surface area contributed by atoms with Crippen LogP contribution in [0.25, 0.3) is 22.4 Å². The van der Waals surface area contributed by atoms with Gasteiger partial charge in [0.2, 0.25) is 0 Å². The number of amides is 2. The number of anilines is 1. The highest BCUT2D eigenvalue weighted by atomic mass is 16.5. The first-order valence-corrected chi connectivity index (χ1v) is 11.6. The molecule has 1 unspecified atom stereocenters. The van der Waals surface area contributed by atoms with E-state index in [1.807, 2.05) is 37.3 Å². The average molecular weight is 472 g/mol. The van der Waals surface area contributed by atoms with Gasteiger partial charge in [0.05, 0.1) is 25.6 Å². The van der Waals surface area contributed by atoms with E-state index >= 15 is 0 Å². The van der Waals surface area contributed by atoms with Crippen LogP contribution in [0.4, 0.5) is 10.6 Å². The Hall–Kier alpha value is -4.04. The summed E-state index contributed by atoms with van der Waals surface area (Å²) in [5.41, 5.74) is 4.22. The summed E-state index contributed by atoms with van der Waals surface area (Å²) < 4.78 is 5.49. The summed E-state index contributed by atoms with van der Waals surface area (Å²) in [5.74, 6) is 0.924. The lowest BCUT2D eigenvalue weighted by molar-refractivity contribution is 0.248. The van der Waals surface area contributed by atoms with Gasteiger partial charge in [-0.05, 0) is 49.9 Å². The summed E-state index contributed by atoms with van der Waals surface area (Å²) in [6.07, 6.45) is 4.48. The fraction of sp³-hybridized carbons (Fsp3) is 0.259. The maximum Gasteiger partial charge on any atom is 0.320 e. The van der Waals surface area contributed by atoms with E-state index in [1.165, 1.54) is 5.56 Å². The lowest BCUT2D eigenvalue weighted by atomic mass is 10.1. The summed E-state index contributed by atoms with van der Waals surface area (Å²) in [5, 5.41) is 15.3. The number of carbonyl (C=O) groups excluding carboxylic acids is 1. The number of para-hydroxylation sites is 1. The Morgan fingerprint density at radius 1 is 1.06 bits per heavy atom. The molecule has 4 rings (SSSR count). The third kappa shape index (κ3) is 6.10. The largest absolute Gasteiger partial charge is 0.496 e. The zero-order chi connectivity index (χ0) is 24.6. The number of benzene rings is 2. The fourth-order valence-corrected chi connectivity index (χ4v) is 3.95. The normalized spacial score (nSPS) is 11.7. The SMILES string of the molecule is COc1c(CO)cccc1-c1cnc2ccc(NC(=O)NC(C)CCCc3ccccc3)nc2n1. The van der Waals surface area contributed by atoms with E-state index in [-0.39, 0.29) is 18.7 Å². The number of nitrogens with zero attached hydrogens (tertiary/aromatic N) is 3. The van der Waals surface area contributed by atoms with Crippen LogP contribution in [0, 0.1) is 0 Å². The number of aliphatic hydroxyl groups excluding tert-OH is 1. The van der Waals surface area contributed by atoms with Crippen molar-refractivity contribution in [2.24, 2.45) is 0 Å². The van der Waals surface area contributed by atoms with Crippen molar-refractivity contribution >= 4 is 23.0 Å². The predicted octanol–water partition coefficient (Wildman–Crippen LogP) is 4.73. The van der Waals surface area contributed by atoms with Crippen LogP contribution >= 0.6 is 0 Å². The molecule has 2 heterocycles. The maximum absolute atomic E-state index is 12.5. The van der Waals surface area contributed by atoms with Crippen LogP contribution in [0.5, 0.6) is 5.75 Å². The minimum absolute atomic E-state index is 0.0248. The number of hydrogen-bond acceptors (Lipinski definition) is 6. The van der Waals surface area contributed by atoms with Crippen LogP contribution in [-0.2, 0) is 13.0 Å². The summed E-state index contributed by atoms with van der Waals surface area (Å²) >= 11 is 0. The number of ether oxygens (including phenoxy) is 1. The standard InChI is InChI=1S/C27H29N5O3/c1-18(8-6-11-19-9-4-3-5-10-19)29-27(34)32-24-15-14-22-26(31-24)30-23(16-28-22)21-13-7-12-20(17-33)25(21)35-2/h3-5,7,9-10,12-16,18,33H,6,8,11,17H2,1-2H3,(H2,29,30,31,32,34). The van der Waals surface area contributed by atoms with Gasteiger partial charge in [0, 0.05) is 17.2 Å². The Bertz CT molecular complexity index is 1300. The lowest BCUT2D eigenvalue weighted by Crippen LogP contribution is -2.36. The Morgan fingerprint density at radius 2 is 1.89 bits per heavy atom. The molecule has 8 heteroatoms. The highest BCUT2D eigenvalue weighted by Gasteiger charge is 2.14. The number of fused-ring (bicyclic) bond motifs is 1. The van der Waals surface area contributed by atoms with Crippen molar-refractivity contribution in [2.75, 3.05) is 12.4 Å². The van der Waals surface area contributed by atoms with Gasteiger partial charge in [0.25, 0.3) is 0 Å². The number of methoxy groups -OCH3 is 1. The number of aliphatic hydroxyl groups is 1. The van der Waals surface area contributed by atoms with Gasteiger partial charge < -0.3 is 15.2 Å².